The molecule has 4 N–H and O–H groups in total. The van der Waals surface area contributed by atoms with Crippen molar-refractivity contribution in [1.29, 1.82) is 5.41 Å². The van der Waals surface area contributed by atoms with E-state index in [4.69, 9.17) is 11.1 Å². The van der Waals surface area contributed by atoms with Gasteiger partial charge in [-0.25, -0.2) is 8.78 Å². The Labute approximate surface area is 197 Å². The molecule has 34 heavy (non-hydrogen) atoms. The zero-order chi connectivity index (χ0) is 23.9. The van der Waals surface area contributed by atoms with Gasteiger partial charge in [-0.15, -0.1) is 0 Å². The smallest absolute Gasteiger partial charge is 0.148 e. The molecule has 1 saturated carbocycles. The van der Waals surface area contributed by atoms with Crippen LogP contribution in [0.1, 0.15) is 47.7 Å². The molecule has 0 amide bonds. The van der Waals surface area contributed by atoms with Gasteiger partial charge >= 0.3 is 0 Å². The van der Waals surface area contributed by atoms with Crippen molar-refractivity contribution in [1.82, 2.24) is 14.8 Å². The van der Waals surface area contributed by atoms with E-state index >= 15 is 4.39 Å². The molecule has 5 rings (SSSR count). The van der Waals surface area contributed by atoms with Gasteiger partial charge in [0, 0.05) is 56.3 Å². The molecular formula is C25H31F3N6. The number of fused-ring (bicyclic) bond motifs is 1. The lowest BCUT2D eigenvalue weighted by Gasteiger charge is -2.40. The minimum absolute atomic E-state index is 0.179. The lowest BCUT2D eigenvalue weighted by Crippen LogP contribution is -2.54. The van der Waals surface area contributed by atoms with Crippen LogP contribution >= 0.6 is 0 Å². The Morgan fingerprint density at radius 3 is 2.76 bits per heavy atom. The minimum atomic E-state index is -1.22. The SMILES string of the molecule is N=Cc1c(N)ccc2c1CCN(CC1(F)CC1)C2c1ncc(NC2CN(CCCF)C2)cc1F. The van der Waals surface area contributed by atoms with Gasteiger partial charge in [-0.2, -0.15) is 0 Å². The van der Waals surface area contributed by atoms with Crippen molar-refractivity contribution in [2.75, 3.05) is 50.4 Å². The number of aromatic nitrogens is 1. The highest BCUT2D eigenvalue weighted by atomic mass is 19.1. The number of nitrogen functional groups attached to an aromatic ring is 1. The molecule has 3 heterocycles. The summed E-state index contributed by atoms with van der Waals surface area (Å²) >= 11 is 0. The standard InChI is InChI=1S/C25H31F3N6/c26-7-1-8-33-13-17(14-33)32-16-10-21(27)23(31-12-16)24-19-2-3-22(30)20(11-29)18(19)4-9-34(24)15-25(28)5-6-25/h2-3,10-12,17,24,29,32H,1,4-9,13-15,30H2. The lowest BCUT2D eigenvalue weighted by atomic mass is 9.86. The summed E-state index contributed by atoms with van der Waals surface area (Å²) < 4.78 is 42.6. The predicted molar refractivity (Wildman–Crippen MR) is 128 cm³/mol. The Morgan fingerprint density at radius 1 is 1.29 bits per heavy atom. The van der Waals surface area contributed by atoms with Gasteiger partial charge in [0.15, 0.2) is 0 Å². The van der Waals surface area contributed by atoms with Gasteiger partial charge in [0.25, 0.3) is 0 Å². The Hall–Kier alpha value is -2.65. The minimum Gasteiger partial charge on any atom is -0.398 e. The van der Waals surface area contributed by atoms with E-state index < -0.39 is 17.5 Å². The van der Waals surface area contributed by atoms with Gasteiger partial charge in [0.1, 0.15) is 11.5 Å². The van der Waals surface area contributed by atoms with Crippen LogP contribution in [0.3, 0.4) is 0 Å². The molecule has 6 nitrogen and oxygen atoms in total. The number of hydrogen-bond donors (Lipinski definition) is 3. The van der Waals surface area contributed by atoms with Crippen LogP contribution in [0.25, 0.3) is 0 Å². The van der Waals surface area contributed by atoms with Gasteiger partial charge in [0.2, 0.25) is 0 Å². The van der Waals surface area contributed by atoms with E-state index in [1.54, 1.807) is 12.3 Å². The van der Waals surface area contributed by atoms with Crippen LogP contribution in [0.2, 0.25) is 0 Å². The molecule has 1 aromatic heterocycles. The molecule has 1 unspecified atom stereocenters. The molecule has 9 heteroatoms. The molecule has 0 bridgehead atoms. The maximum absolute atomic E-state index is 15.5. The maximum Gasteiger partial charge on any atom is 0.148 e. The molecule has 1 aliphatic carbocycles. The van der Waals surface area contributed by atoms with Crippen LogP contribution in [0.15, 0.2) is 24.4 Å². The first-order chi connectivity index (χ1) is 16.4. The third-order valence-corrected chi connectivity index (χ3v) is 7.22. The average Bonchev–Trinajstić information content (AvgIpc) is 3.52. The Morgan fingerprint density at radius 2 is 2.09 bits per heavy atom. The van der Waals surface area contributed by atoms with Crippen LogP contribution in [0.5, 0.6) is 0 Å². The van der Waals surface area contributed by atoms with Crippen LogP contribution in [-0.4, -0.2) is 72.1 Å². The summed E-state index contributed by atoms with van der Waals surface area (Å²) in [5.41, 5.74) is 8.63. The quantitative estimate of drug-likeness (QED) is 0.383. The number of nitrogens with two attached hydrogens (primary N) is 1. The number of alkyl halides is 2. The van der Waals surface area contributed by atoms with Crippen LogP contribution in [0.4, 0.5) is 24.5 Å². The highest BCUT2D eigenvalue weighted by molar-refractivity contribution is 5.88. The van der Waals surface area contributed by atoms with Crippen LogP contribution < -0.4 is 11.1 Å². The molecule has 1 aromatic carbocycles. The second-order valence-corrected chi connectivity index (χ2v) is 9.79. The number of likely N-dealkylation sites (tertiary alicyclic amines) is 1. The van der Waals surface area contributed by atoms with Crippen LogP contribution in [0, 0.1) is 11.2 Å². The topological polar surface area (TPSA) is 81.3 Å². The molecule has 2 aliphatic heterocycles. The fraction of sp³-hybridized carbons (Fsp3) is 0.520. The van der Waals surface area contributed by atoms with Crippen molar-refractivity contribution in [2.24, 2.45) is 0 Å². The number of pyridine rings is 1. The molecule has 1 atom stereocenters. The zero-order valence-electron chi connectivity index (χ0n) is 19.2. The molecule has 2 aromatic rings. The zero-order valence-corrected chi connectivity index (χ0v) is 19.2. The number of anilines is 2. The summed E-state index contributed by atoms with van der Waals surface area (Å²) in [6.45, 7) is 2.78. The Balaban J connectivity index is 1.40. The summed E-state index contributed by atoms with van der Waals surface area (Å²) in [6, 6.07) is 4.69. The fourth-order valence-corrected chi connectivity index (χ4v) is 5.23. The van der Waals surface area contributed by atoms with E-state index in [2.05, 4.69) is 15.2 Å². The molecule has 2 fully saturated rings. The molecule has 0 spiro atoms. The second kappa shape index (κ2) is 9.19. The van der Waals surface area contributed by atoms with E-state index in [0.29, 0.717) is 49.2 Å². The normalized spacial score (nSPS) is 22.1. The van der Waals surface area contributed by atoms with E-state index in [1.807, 2.05) is 11.0 Å². The summed E-state index contributed by atoms with van der Waals surface area (Å²) in [7, 11) is 0. The van der Waals surface area contributed by atoms with Crippen molar-refractivity contribution < 1.29 is 13.2 Å². The molecule has 3 aliphatic rings. The number of nitrogens with zero attached hydrogens (tertiary/aromatic N) is 3. The first-order valence-corrected chi connectivity index (χ1v) is 12.0. The van der Waals surface area contributed by atoms with Gasteiger partial charge in [-0.05, 0) is 42.9 Å². The van der Waals surface area contributed by atoms with Crippen molar-refractivity contribution in [3.8, 4) is 0 Å². The maximum atomic E-state index is 15.5. The lowest BCUT2D eigenvalue weighted by molar-refractivity contribution is 0.136. The summed E-state index contributed by atoms with van der Waals surface area (Å²) in [5.74, 6) is -0.446. The summed E-state index contributed by atoms with van der Waals surface area (Å²) in [5, 5.41) is 11.1. The van der Waals surface area contributed by atoms with Gasteiger partial charge in [-0.3, -0.25) is 19.2 Å². The number of hydrogen-bond acceptors (Lipinski definition) is 6. The van der Waals surface area contributed by atoms with E-state index in [0.717, 1.165) is 30.8 Å². The third-order valence-electron chi connectivity index (χ3n) is 7.22. The van der Waals surface area contributed by atoms with Gasteiger partial charge in [0.05, 0.1) is 36.3 Å². The molecule has 0 radical (unpaired) electrons. The first-order valence-electron chi connectivity index (χ1n) is 12.0. The molecule has 182 valence electrons. The second-order valence-electron chi connectivity index (χ2n) is 9.79. The number of halogens is 3. The number of rotatable bonds is 9. The molecule has 1 saturated heterocycles. The number of benzene rings is 1. The average molecular weight is 473 g/mol. The van der Waals surface area contributed by atoms with Crippen molar-refractivity contribution >= 4 is 17.6 Å². The van der Waals surface area contributed by atoms with E-state index in [-0.39, 0.29) is 25.0 Å². The van der Waals surface area contributed by atoms with E-state index in [1.165, 1.54) is 12.3 Å². The largest absolute Gasteiger partial charge is 0.398 e. The van der Waals surface area contributed by atoms with Crippen LogP contribution in [-0.2, 0) is 6.42 Å². The first kappa shape index (κ1) is 23.1. The highest BCUT2D eigenvalue weighted by Crippen LogP contribution is 2.45. The third kappa shape index (κ3) is 4.51. The highest BCUT2D eigenvalue weighted by Gasteiger charge is 2.47. The van der Waals surface area contributed by atoms with Gasteiger partial charge < -0.3 is 16.5 Å². The monoisotopic (exact) mass is 472 g/mol. The van der Waals surface area contributed by atoms with Crippen molar-refractivity contribution in [2.45, 2.75) is 43.4 Å². The van der Waals surface area contributed by atoms with Gasteiger partial charge in [-0.1, -0.05) is 6.07 Å². The van der Waals surface area contributed by atoms with E-state index in [9.17, 15) is 8.78 Å². The predicted octanol–water partition coefficient (Wildman–Crippen LogP) is 3.71. The molecular weight excluding hydrogens is 441 g/mol. The fourth-order valence-electron chi connectivity index (χ4n) is 5.23. The number of nitrogens with one attached hydrogen (secondary N) is 2. The summed E-state index contributed by atoms with van der Waals surface area (Å²) in [4.78, 5) is 8.64. The van der Waals surface area contributed by atoms with Crippen molar-refractivity contribution in [3.05, 3.63) is 52.6 Å². The Kier molecular flexibility index (Phi) is 6.24. The summed E-state index contributed by atoms with van der Waals surface area (Å²) in [6.07, 6.45) is 5.08. The van der Waals surface area contributed by atoms with Crippen molar-refractivity contribution in [3.63, 3.8) is 0 Å². The Bertz CT molecular complexity index is 1070.